The van der Waals surface area contributed by atoms with E-state index >= 15 is 0 Å². The van der Waals surface area contributed by atoms with E-state index in [-0.39, 0.29) is 0 Å². The zero-order chi connectivity index (χ0) is 11.5. The van der Waals surface area contributed by atoms with Gasteiger partial charge < -0.3 is 5.32 Å². The van der Waals surface area contributed by atoms with Crippen LogP contribution in [0.1, 0.15) is 16.7 Å². The Morgan fingerprint density at radius 3 is 2.81 bits per heavy atom. The van der Waals surface area contributed by atoms with Crippen molar-refractivity contribution in [2.75, 3.05) is 5.32 Å². The maximum absolute atomic E-state index is 4.15. The molecule has 0 aliphatic carbocycles. The molecule has 1 aromatic heterocycles. The zero-order valence-corrected chi connectivity index (χ0v) is 9.99. The first kappa shape index (κ1) is 10.7. The number of hydrogen-bond donors (Lipinski definition) is 1. The van der Waals surface area contributed by atoms with Crippen molar-refractivity contribution in [2.45, 2.75) is 20.4 Å². The Labute approximate surface area is 96.1 Å². The minimum absolute atomic E-state index is 0.818. The number of aromatic nitrogens is 2. The molecule has 0 atom stereocenters. The third kappa shape index (κ3) is 2.42. The van der Waals surface area contributed by atoms with Gasteiger partial charge in [0.2, 0.25) is 0 Å². The van der Waals surface area contributed by atoms with Gasteiger partial charge in [0.15, 0.2) is 0 Å². The van der Waals surface area contributed by atoms with Crippen LogP contribution in [0.4, 0.5) is 5.69 Å². The van der Waals surface area contributed by atoms with E-state index in [1.54, 1.807) is 0 Å². The Morgan fingerprint density at radius 2 is 2.12 bits per heavy atom. The maximum atomic E-state index is 4.15. The third-order valence-corrected chi connectivity index (χ3v) is 2.63. The highest BCUT2D eigenvalue weighted by atomic mass is 15.2. The summed E-state index contributed by atoms with van der Waals surface area (Å²) in [7, 11) is 1.93. The number of benzene rings is 1. The molecule has 0 spiro atoms. The molecule has 0 saturated heterocycles. The van der Waals surface area contributed by atoms with Gasteiger partial charge in [-0.15, -0.1) is 0 Å². The second-order valence-corrected chi connectivity index (χ2v) is 4.19. The standard InChI is InChI=1S/C13H17N3/c1-10-4-5-11(2)13(6-10)14-7-12-8-15-16(3)9-12/h4-6,8-9,14H,7H2,1-3H3. The van der Waals surface area contributed by atoms with Crippen molar-refractivity contribution < 1.29 is 0 Å². The highest BCUT2D eigenvalue weighted by molar-refractivity contribution is 5.52. The highest BCUT2D eigenvalue weighted by Gasteiger charge is 1.99. The monoisotopic (exact) mass is 215 g/mol. The largest absolute Gasteiger partial charge is 0.381 e. The van der Waals surface area contributed by atoms with E-state index < -0.39 is 0 Å². The average Bonchev–Trinajstić information content (AvgIpc) is 2.66. The van der Waals surface area contributed by atoms with Crippen LogP contribution in [0.25, 0.3) is 0 Å². The quantitative estimate of drug-likeness (QED) is 0.853. The Bertz CT molecular complexity index is 486. The van der Waals surface area contributed by atoms with E-state index in [0.717, 1.165) is 6.54 Å². The van der Waals surface area contributed by atoms with Crippen LogP contribution in [0.2, 0.25) is 0 Å². The molecule has 2 rings (SSSR count). The fraction of sp³-hybridized carbons (Fsp3) is 0.308. The summed E-state index contributed by atoms with van der Waals surface area (Å²) in [4.78, 5) is 0. The molecule has 16 heavy (non-hydrogen) atoms. The van der Waals surface area contributed by atoms with Crippen molar-refractivity contribution in [3.8, 4) is 0 Å². The van der Waals surface area contributed by atoms with E-state index in [0.29, 0.717) is 0 Å². The molecule has 0 aliphatic rings. The Hall–Kier alpha value is -1.77. The highest BCUT2D eigenvalue weighted by Crippen LogP contribution is 2.17. The summed E-state index contributed by atoms with van der Waals surface area (Å²) >= 11 is 0. The van der Waals surface area contributed by atoms with Crippen molar-refractivity contribution in [3.63, 3.8) is 0 Å². The van der Waals surface area contributed by atoms with Gasteiger partial charge in [-0.3, -0.25) is 4.68 Å². The van der Waals surface area contributed by atoms with Crippen LogP contribution in [0, 0.1) is 13.8 Å². The van der Waals surface area contributed by atoms with Crippen LogP contribution in [-0.2, 0) is 13.6 Å². The van der Waals surface area contributed by atoms with Crippen molar-refractivity contribution in [1.82, 2.24) is 9.78 Å². The van der Waals surface area contributed by atoms with Gasteiger partial charge in [0.1, 0.15) is 0 Å². The van der Waals surface area contributed by atoms with E-state index in [4.69, 9.17) is 0 Å². The maximum Gasteiger partial charge on any atom is 0.0539 e. The summed E-state index contributed by atoms with van der Waals surface area (Å²) in [5, 5.41) is 7.58. The van der Waals surface area contributed by atoms with Gasteiger partial charge in [-0.25, -0.2) is 0 Å². The molecule has 84 valence electrons. The van der Waals surface area contributed by atoms with Crippen molar-refractivity contribution in [2.24, 2.45) is 7.05 Å². The van der Waals surface area contributed by atoms with Gasteiger partial charge in [0.05, 0.1) is 6.20 Å². The Balaban J connectivity index is 2.07. The first-order valence-corrected chi connectivity index (χ1v) is 5.44. The summed E-state index contributed by atoms with van der Waals surface area (Å²) in [6, 6.07) is 6.44. The lowest BCUT2D eigenvalue weighted by Crippen LogP contribution is -2.00. The molecule has 3 heteroatoms. The minimum Gasteiger partial charge on any atom is -0.381 e. The van der Waals surface area contributed by atoms with Crippen molar-refractivity contribution in [1.29, 1.82) is 0 Å². The van der Waals surface area contributed by atoms with Crippen LogP contribution in [0.5, 0.6) is 0 Å². The summed E-state index contributed by atoms with van der Waals surface area (Å²) in [6.07, 6.45) is 3.91. The van der Waals surface area contributed by atoms with Gasteiger partial charge in [0.25, 0.3) is 0 Å². The number of nitrogens with zero attached hydrogens (tertiary/aromatic N) is 2. The molecule has 0 radical (unpaired) electrons. The van der Waals surface area contributed by atoms with Gasteiger partial charge >= 0.3 is 0 Å². The predicted molar refractivity (Wildman–Crippen MR) is 66.5 cm³/mol. The van der Waals surface area contributed by atoms with Crippen molar-refractivity contribution >= 4 is 5.69 Å². The molecular weight excluding hydrogens is 198 g/mol. The Morgan fingerprint density at radius 1 is 1.31 bits per heavy atom. The second kappa shape index (κ2) is 4.39. The smallest absolute Gasteiger partial charge is 0.0539 e. The number of nitrogens with one attached hydrogen (secondary N) is 1. The summed E-state index contributed by atoms with van der Waals surface area (Å²) in [5.41, 5.74) is 4.95. The first-order chi connectivity index (χ1) is 7.65. The lowest BCUT2D eigenvalue weighted by Gasteiger charge is -2.09. The summed E-state index contributed by atoms with van der Waals surface area (Å²) < 4.78 is 1.82. The van der Waals surface area contributed by atoms with Crippen LogP contribution in [0.15, 0.2) is 30.6 Å². The normalized spacial score (nSPS) is 10.4. The number of hydrogen-bond acceptors (Lipinski definition) is 2. The fourth-order valence-corrected chi connectivity index (χ4v) is 1.69. The lowest BCUT2D eigenvalue weighted by atomic mass is 10.1. The van der Waals surface area contributed by atoms with E-state index in [2.05, 4.69) is 42.5 Å². The molecule has 3 nitrogen and oxygen atoms in total. The SMILES string of the molecule is Cc1ccc(C)c(NCc2cnn(C)c2)c1. The fourth-order valence-electron chi connectivity index (χ4n) is 1.69. The van der Waals surface area contributed by atoms with E-state index in [1.807, 2.05) is 24.1 Å². The number of aryl methyl sites for hydroxylation is 3. The second-order valence-electron chi connectivity index (χ2n) is 4.19. The molecular formula is C13H17N3. The lowest BCUT2D eigenvalue weighted by molar-refractivity contribution is 0.767. The topological polar surface area (TPSA) is 29.9 Å². The van der Waals surface area contributed by atoms with Gasteiger partial charge in [-0.1, -0.05) is 12.1 Å². The van der Waals surface area contributed by atoms with E-state index in [9.17, 15) is 0 Å². The first-order valence-electron chi connectivity index (χ1n) is 5.44. The minimum atomic E-state index is 0.818. The molecule has 0 fully saturated rings. The summed E-state index contributed by atoms with van der Waals surface area (Å²) in [5.74, 6) is 0. The van der Waals surface area contributed by atoms with Gasteiger partial charge in [-0.2, -0.15) is 5.10 Å². The Kier molecular flexibility index (Phi) is 2.95. The van der Waals surface area contributed by atoms with Crippen LogP contribution < -0.4 is 5.32 Å². The number of anilines is 1. The average molecular weight is 215 g/mol. The molecule has 1 N–H and O–H groups in total. The third-order valence-electron chi connectivity index (χ3n) is 2.63. The molecule has 0 bridgehead atoms. The van der Waals surface area contributed by atoms with E-state index in [1.165, 1.54) is 22.4 Å². The summed E-state index contributed by atoms with van der Waals surface area (Å²) in [6.45, 7) is 5.04. The van der Waals surface area contributed by atoms with Crippen LogP contribution in [0.3, 0.4) is 0 Å². The molecule has 1 heterocycles. The van der Waals surface area contributed by atoms with Crippen LogP contribution >= 0.6 is 0 Å². The molecule has 0 aliphatic heterocycles. The molecule has 2 aromatic rings. The molecule has 0 saturated carbocycles. The van der Waals surface area contributed by atoms with Gasteiger partial charge in [-0.05, 0) is 31.0 Å². The predicted octanol–water partition coefficient (Wildman–Crippen LogP) is 2.65. The zero-order valence-electron chi connectivity index (χ0n) is 9.99. The number of rotatable bonds is 3. The van der Waals surface area contributed by atoms with Gasteiger partial charge in [0, 0.05) is 31.0 Å². The molecule has 0 amide bonds. The molecule has 0 unspecified atom stereocenters. The van der Waals surface area contributed by atoms with Crippen molar-refractivity contribution in [3.05, 3.63) is 47.3 Å². The van der Waals surface area contributed by atoms with Crippen LogP contribution in [-0.4, -0.2) is 9.78 Å². The molecule has 1 aromatic carbocycles.